The second-order valence-electron chi connectivity index (χ2n) is 6.91. The first-order chi connectivity index (χ1) is 16.3. The summed E-state index contributed by atoms with van der Waals surface area (Å²) in [5, 5.41) is 14.7. The van der Waals surface area contributed by atoms with Crippen molar-refractivity contribution < 1.29 is 33.7 Å². The van der Waals surface area contributed by atoms with Crippen molar-refractivity contribution in [1.82, 2.24) is 0 Å². The number of hydrogen-bond acceptors (Lipinski definition) is 7. The number of carbonyl (C=O) groups is 3. The minimum atomic E-state index is -1.20. The van der Waals surface area contributed by atoms with Gasteiger partial charge in [-0.2, -0.15) is 0 Å². The lowest BCUT2D eigenvalue weighted by molar-refractivity contribution is 0.0692. The third-order valence-electron chi connectivity index (χ3n) is 4.90. The monoisotopic (exact) mass is 465 g/mol. The highest BCUT2D eigenvalue weighted by atomic mass is 16.5. The number of rotatable bonds is 8. The summed E-state index contributed by atoms with van der Waals surface area (Å²) in [5.74, 6) is -2.00. The molecular weight excluding hydrogens is 442 g/mol. The summed E-state index contributed by atoms with van der Waals surface area (Å²) in [5.41, 5.74) is 6.77. The van der Waals surface area contributed by atoms with Gasteiger partial charge in [0.15, 0.2) is 17.2 Å². The number of nitrogen functional groups attached to an aromatic ring is 1. The molecule has 2 amide bonds. The Kier molecular flexibility index (Phi) is 7.22. The molecule has 5 N–H and O–H groups in total. The molecule has 0 bridgehead atoms. The van der Waals surface area contributed by atoms with E-state index in [9.17, 15) is 19.5 Å². The van der Waals surface area contributed by atoms with E-state index in [1.807, 2.05) is 0 Å². The number of para-hydroxylation sites is 3. The standard InChI is InChI=1S/C24H23N3O7/c1-32-19-13(7-4-10-16(19)25)22(28)26-17-11-5-8-14(20(17)33-2)23(29)27-18-12-6-9-15(24(30)31)21(18)34-3/h4-12H,25H2,1-3H3,(H,26,28)(H,27,29)(H,30,31). The summed E-state index contributed by atoms with van der Waals surface area (Å²) in [4.78, 5) is 37.4. The van der Waals surface area contributed by atoms with Crippen LogP contribution in [0.1, 0.15) is 31.1 Å². The van der Waals surface area contributed by atoms with Gasteiger partial charge in [-0.05, 0) is 36.4 Å². The zero-order valence-corrected chi connectivity index (χ0v) is 18.7. The fourth-order valence-electron chi connectivity index (χ4n) is 3.40. The van der Waals surface area contributed by atoms with Crippen LogP contribution >= 0.6 is 0 Å². The number of carbonyl (C=O) groups excluding carboxylic acids is 2. The molecule has 0 aromatic heterocycles. The van der Waals surface area contributed by atoms with Crippen LogP contribution in [0.5, 0.6) is 17.2 Å². The number of carboxylic acids is 1. The van der Waals surface area contributed by atoms with Gasteiger partial charge in [-0.25, -0.2) is 4.79 Å². The van der Waals surface area contributed by atoms with Gasteiger partial charge < -0.3 is 35.7 Å². The maximum Gasteiger partial charge on any atom is 0.339 e. The Morgan fingerprint density at radius 1 is 0.676 bits per heavy atom. The first-order valence-electron chi connectivity index (χ1n) is 9.94. The Hall–Kier alpha value is -4.73. The van der Waals surface area contributed by atoms with Gasteiger partial charge in [-0.3, -0.25) is 9.59 Å². The van der Waals surface area contributed by atoms with Crippen LogP contribution in [0.4, 0.5) is 17.1 Å². The largest absolute Gasteiger partial charge is 0.494 e. The van der Waals surface area contributed by atoms with E-state index >= 15 is 0 Å². The molecule has 0 fully saturated rings. The molecular formula is C24H23N3O7. The second-order valence-corrected chi connectivity index (χ2v) is 6.91. The van der Waals surface area contributed by atoms with Crippen LogP contribution in [0.3, 0.4) is 0 Å². The van der Waals surface area contributed by atoms with Crippen LogP contribution in [0, 0.1) is 0 Å². The highest BCUT2D eigenvalue weighted by Gasteiger charge is 2.22. The highest BCUT2D eigenvalue weighted by Crippen LogP contribution is 2.34. The lowest BCUT2D eigenvalue weighted by Crippen LogP contribution is -2.18. The molecule has 0 aliphatic heterocycles. The zero-order valence-electron chi connectivity index (χ0n) is 18.7. The fourth-order valence-corrected chi connectivity index (χ4v) is 3.40. The number of benzene rings is 3. The summed E-state index contributed by atoms with van der Waals surface area (Å²) >= 11 is 0. The predicted molar refractivity (Wildman–Crippen MR) is 126 cm³/mol. The maximum atomic E-state index is 13.1. The number of aromatic carboxylic acids is 1. The number of carboxylic acid groups (broad SMARTS) is 1. The van der Waals surface area contributed by atoms with Gasteiger partial charge in [-0.15, -0.1) is 0 Å². The molecule has 10 nitrogen and oxygen atoms in total. The third kappa shape index (κ3) is 4.70. The quantitative estimate of drug-likeness (QED) is 0.369. The molecule has 0 unspecified atom stereocenters. The smallest absolute Gasteiger partial charge is 0.339 e. The van der Waals surface area contributed by atoms with Gasteiger partial charge in [0.25, 0.3) is 11.8 Å². The van der Waals surface area contributed by atoms with Crippen LogP contribution in [0.25, 0.3) is 0 Å². The van der Waals surface area contributed by atoms with E-state index < -0.39 is 17.8 Å². The molecule has 0 spiro atoms. The number of amides is 2. The maximum absolute atomic E-state index is 13.1. The van der Waals surface area contributed by atoms with Crippen molar-refractivity contribution in [1.29, 1.82) is 0 Å². The van der Waals surface area contributed by atoms with E-state index in [2.05, 4.69) is 10.6 Å². The Labute approximate surface area is 195 Å². The van der Waals surface area contributed by atoms with Gasteiger partial charge in [0.2, 0.25) is 0 Å². The first kappa shape index (κ1) is 23.9. The van der Waals surface area contributed by atoms with Crippen molar-refractivity contribution in [2.75, 3.05) is 37.7 Å². The minimum absolute atomic E-state index is 0.000496. The number of anilines is 3. The fraction of sp³-hybridized carbons (Fsp3) is 0.125. The van der Waals surface area contributed by atoms with Crippen LogP contribution in [-0.2, 0) is 0 Å². The van der Waals surface area contributed by atoms with Crippen LogP contribution < -0.4 is 30.6 Å². The average molecular weight is 465 g/mol. The van der Waals surface area contributed by atoms with Crippen molar-refractivity contribution in [2.24, 2.45) is 0 Å². The van der Waals surface area contributed by atoms with Crippen molar-refractivity contribution in [2.45, 2.75) is 0 Å². The van der Waals surface area contributed by atoms with Crippen LogP contribution in [0.15, 0.2) is 54.6 Å². The number of hydrogen-bond donors (Lipinski definition) is 4. The molecule has 0 aliphatic carbocycles. The molecule has 3 aromatic rings. The summed E-state index contributed by atoms with van der Waals surface area (Å²) in [6.07, 6.45) is 0. The molecule has 0 atom stereocenters. The number of methoxy groups -OCH3 is 3. The van der Waals surface area contributed by atoms with Crippen molar-refractivity contribution in [3.8, 4) is 17.2 Å². The zero-order chi connectivity index (χ0) is 24.8. The molecule has 0 heterocycles. The van der Waals surface area contributed by atoms with E-state index in [1.165, 1.54) is 45.6 Å². The summed E-state index contributed by atoms with van der Waals surface area (Å²) in [6, 6.07) is 13.8. The van der Waals surface area contributed by atoms with Gasteiger partial charge in [0.05, 0.1) is 49.5 Å². The topological polar surface area (TPSA) is 149 Å². The lowest BCUT2D eigenvalue weighted by Gasteiger charge is -2.17. The van der Waals surface area contributed by atoms with E-state index in [1.54, 1.807) is 30.3 Å². The molecule has 176 valence electrons. The highest BCUT2D eigenvalue weighted by molar-refractivity contribution is 6.12. The summed E-state index contributed by atoms with van der Waals surface area (Å²) < 4.78 is 15.8. The molecule has 34 heavy (non-hydrogen) atoms. The summed E-state index contributed by atoms with van der Waals surface area (Å²) in [7, 11) is 4.06. The average Bonchev–Trinajstić information content (AvgIpc) is 2.83. The van der Waals surface area contributed by atoms with Crippen LogP contribution in [0.2, 0.25) is 0 Å². The summed E-state index contributed by atoms with van der Waals surface area (Å²) in [6.45, 7) is 0. The Morgan fingerprint density at radius 2 is 1.09 bits per heavy atom. The SMILES string of the molecule is COc1c(N)cccc1C(=O)Nc1cccc(C(=O)Nc2cccc(C(=O)O)c2OC)c1OC. The Bertz CT molecular complexity index is 1260. The van der Waals surface area contributed by atoms with Crippen molar-refractivity contribution in [3.05, 3.63) is 71.3 Å². The molecule has 3 rings (SSSR count). The number of nitrogens with two attached hydrogens (primary N) is 1. The minimum Gasteiger partial charge on any atom is -0.494 e. The molecule has 0 radical (unpaired) electrons. The molecule has 0 aliphatic rings. The molecule has 0 saturated heterocycles. The molecule has 3 aromatic carbocycles. The lowest BCUT2D eigenvalue weighted by atomic mass is 10.1. The predicted octanol–water partition coefficient (Wildman–Crippen LogP) is 3.50. The van der Waals surface area contributed by atoms with Crippen molar-refractivity contribution >= 4 is 34.8 Å². The molecule has 0 saturated carbocycles. The van der Waals surface area contributed by atoms with E-state index in [0.717, 1.165) is 0 Å². The van der Waals surface area contributed by atoms with Crippen LogP contribution in [-0.4, -0.2) is 44.2 Å². The van der Waals surface area contributed by atoms with Crippen molar-refractivity contribution in [3.63, 3.8) is 0 Å². The first-order valence-corrected chi connectivity index (χ1v) is 9.94. The van der Waals surface area contributed by atoms with E-state index in [4.69, 9.17) is 19.9 Å². The number of nitrogens with one attached hydrogen (secondary N) is 2. The third-order valence-corrected chi connectivity index (χ3v) is 4.90. The normalized spacial score (nSPS) is 10.2. The van der Waals surface area contributed by atoms with Gasteiger partial charge in [0, 0.05) is 0 Å². The second kappa shape index (κ2) is 10.3. The molecule has 10 heteroatoms. The van der Waals surface area contributed by atoms with Gasteiger partial charge in [0.1, 0.15) is 5.56 Å². The van der Waals surface area contributed by atoms with Gasteiger partial charge in [-0.1, -0.05) is 18.2 Å². The Balaban J connectivity index is 1.93. The number of ether oxygens (including phenoxy) is 3. The Morgan fingerprint density at radius 3 is 1.56 bits per heavy atom. The van der Waals surface area contributed by atoms with Gasteiger partial charge >= 0.3 is 5.97 Å². The van der Waals surface area contributed by atoms with E-state index in [0.29, 0.717) is 5.69 Å². The van der Waals surface area contributed by atoms with E-state index in [-0.39, 0.29) is 45.3 Å².